The molecule has 0 saturated carbocycles. The Labute approximate surface area is 219 Å². The van der Waals surface area contributed by atoms with E-state index in [1.165, 1.54) is 62.1 Å². The van der Waals surface area contributed by atoms with Crippen LogP contribution in [0.2, 0.25) is 0 Å². The summed E-state index contributed by atoms with van der Waals surface area (Å²) in [6.07, 6.45) is 2.26. The van der Waals surface area contributed by atoms with Gasteiger partial charge in [-0.2, -0.15) is 0 Å². The van der Waals surface area contributed by atoms with Crippen LogP contribution in [0.4, 0.5) is 13.2 Å². The number of alkyl halides is 3. The molecule has 6 nitrogen and oxygen atoms in total. The Morgan fingerprint density at radius 2 is 1.03 bits per heavy atom. The lowest BCUT2D eigenvalue weighted by Gasteiger charge is -2.10. The molecule has 0 aromatic heterocycles. The first-order valence-corrected chi connectivity index (χ1v) is 12.4. The predicted molar refractivity (Wildman–Crippen MR) is 135 cm³/mol. The van der Waals surface area contributed by atoms with Gasteiger partial charge in [-0.3, -0.25) is 0 Å². The number of carbonyl (C=O) groups excluding carboxylic acids is 2. The lowest BCUT2D eigenvalue weighted by atomic mass is 10.1. The summed E-state index contributed by atoms with van der Waals surface area (Å²) in [5, 5.41) is 0. The highest BCUT2D eigenvalue weighted by Crippen LogP contribution is 2.25. The van der Waals surface area contributed by atoms with E-state index in [-0.39, 0.29) is 17.1 Å². The van der Waals surface area contributed by atoms with Crippen LogP contribution in [0.3, 0.4) is 0 Å². The molecule has 0 unspecified atom stereocenters. The molecule has 0 aliphatic heterocycles. The minimum absolute atomic E-state index is 0.0411. The molecule has 3 rings (SSSR count). The molecule has 3 aromatic carbocycles. The zero-order valence-electron chi connectivity index (χ0n) is 21.0. The topological polar surface area (TPSA) is 71.1 Å². The molecule has 38 heavy (non-hydrogen) atoms. The number of hydrogen-bond acceptors (Lipinski definition) is 6. The summed E-state index contributed by atoms with van der Waals surface area (Å²) in [5.74, 6) is -0.782. The lowest BCUT2D eigenvalue weighted by molar-refractivity contribution is -0.274. The summed E-state index contributed by atoms with van der Waals surface area (Å²) >= 11 is 0. The quantitative estimate of drug-likeness (QED) is 0.128. The number of ether oxygens (including phenoxy) is 4. The van der Waals surface area contributed by atoms with Crippen LogP contribution >= 0.6 is 0 Å². The second-order valence-electron chi connectivity index (χ2n) is 8.46. The molecule has 0 amide bonds. The van der Waals surface area contributed by atoms with E-state index >= 15 is 0 Å². The Kier molecular flexibility index (Phi) is 10.6. The van der Waals surface area contributed by atoms with Gasteiger partial charge in [0.1, 0.15) is 23.0 Å². The molecule has 0 saturated heterocycles. The number of rotatable bonds is 13. The van der Waals surface area contributed by atoms with Crippen molar-refractivity contribution in [2.45, 2.75) is 51.8 Å². The fourth-order valence-electron chi connectivity index (χ4n) is 3.46. The SMILES string of the molecule is CCCCCCCCOc1ccc(C(=O)Oc2ccc(C(=O)Oc3ccc(OC(F)(F)F)cc3)cc2)cc1. The van der Waals surface area contributed by atoms with Gasteiger partial charge in [0.2, 0.25) is 0 Å². The van der Waals surface area contributed by atoms with E-state index in [1.54, 1.807) is 24.3 Å². The van der Waals surface area contributed by atoms with Gasteiger partial charge >= 0.3 is 18.3 Å². The highest BCUT2D eigenvalue weighted by atomic mass is 19.4. The smallest absolute Gasteiger partial charge is 0.494 e. The first-order valence-electron chi connectivity index (χ1n) is 12.4. The van der Waals surface area contributed by atoms with Crippen molar-refractivity contribution < 1.29 is 41.7 Å². The third kappa shape index (κ3) is 9.80. The van der Waals surface area contributed by atoms with Gasteiger partial charge in [0.15, 0.2) is 0 Å². The van der Waals surface area contributed by atoms with Gasteiger partial charge in [-0.15, -0.1) is 13.2 Å². The van der Waals surface area contributed by atoms with Gasteiger partial charge in [-0.25, -0.2) is 9.59 Å². The second kappa shape index (κ2) is 14.1. The van der Waals surface area contributed by atoms with Crippen LogP contribution in [0, 0.1) is 0 Å². The molecule has 0 radical (unpaired) electrons. The zero-order chi connectivity index (χ0) is 27.4. The van der Waals surface area contributed by atoms with Crippen molar-refractivity contribution >= 4 is 11.9 Å². The van der Waals surface area contributed by atoms with Crippen LogP contribution < -0.4 is 18.9 Å². The molecule has 0 fully saturated rings. The van der Waals surface area contributed by atoms with Crippen molar-refractivity contribution in [3.05, 3.63) is 83.9 Å². The molecule has 0 heterocycles. The molecule has 0 N–H and O–H groups in total. The molecular formula is C29H29F3O6. The standard InChI is InChI=1S/C29H29F3O6/c1-2-3-4-5-6-7-20-35-23-12-8-21(9-13-23)27(33)36-24-14-10-22(11-15-24)28(34)37-25-16-18-26(19-17-25)38-29(30,31)32/h8-19H,2-7,20H2,1H3. The minimum atomic E-state index is -4.81. The van der Waals surface area contributed by atoms with Gasteiger partial charge < -0.3 is 18.9 Å². The van der Waals surface area contributed by atoms with Crippen LogP contribution in [0.5, 0.6) is 23.0 Å². The van der Waals surface area contributed by atoms with Gasteiger partial charge in [-0.05, 0) is 79.2 Å². The molecule has 0 atom stereocenters. The van der Waals surface area contributed by atoms with Gasteiger partial charge in [0, 0.05) is 0 Å². The third-order valence-corrected chi connectivity index (χ3v) is 5.43. The highest BCUT2D eigenvalue weighted by Gasteiger charge is 2.31. The van der Waals surface area contributed by atoms with Crippen molar-refractivity contribution in [2.24, 2.45) is 0 Å². The molecule has 9 heteroatoms. The number of hydrogen-bond donors (Lipinski definition) is 0. The third-order valence-electron chi connectivity index (χ3n) is 5.43. The van der Waals surface area contributed by atoms with E-state index in [0.717, 1.165) is 25.0 Å². The highest BCUT2D eigenvalue weighted by molar-refractivity contribution is 5.92. The van der Waals surface area contributed by atoms with E-state index in [9.17, 15) is 22.8 Å². The largest absolute Gasteiger partial charge is 0.573 e. The van der Waals surface area contributed by atoms with Crippen molar-refractivity contribution in [3.8, 4) is 23.0 Å². The van der Waals surface area contributed by atoms with E-state index < -0.39 is 24.1 Å². The molecule has 0 aliphatic carbocycles. The molecule has 202 valence electrons. The first kappa shape index (κ1) is 28.6. The number of unbranched alkanes of at least 4 members (excludes halogenated alkanes) is 5. The zero-order valence-corrected chi connectivity index (χ0v) is 21.0. The first-order chi connectivity index (χ1) is 18.2. The maximum Gasteiger partial charge on any atom is 0.573 e. The lowest BCUT2D eigenvalue weighted by Crippen LogP contribution is -2.17. The monoisotopic (exact) mass is 530 g/mol. The summed E-state index contributed by atoms with van der Waals surface area (Å²) in [4.78, 5) is 24.8. The van der Waals surface area contributed by atoms with Crippen molar-refractivity contribution in [3.63, 3.8) is 0 Å². The van der Waals surface area contributed by atoms with Crippen LogP contribution in [-0.2, 0) is 0 Å². The minimum Gasteiger partial charge on any atom is -0.494 e. The Morgan fingerprint density at radius 3 is 1.53 bits per heavy atom. The van der Waals surface area contributed by atoms with Gasteiger partial charge in [-0.1, -0.05) is 39.0 Å². The number of halogens is 3. The normalized spacial score (nSPS) is 11.1. The molecular weight excluding hydrogens is 501 g/mol. The van der Waals surface area contributed by atoms with E-state index in [0.29, 0.717) is 17.9 Å². The fourth-order valence-corrected chi connectivity index (χ4v) is 3.46. The number of esters is 2. The average molecular weight is 531 g/mol. The average Bonchev–Trinajstić information content (AvgIpc) is 2.89. The molecule has 3 aromatic rings. The maximum atomic E-state index is 12.4. The van der Waals surface area contributed by atoms with Crippen LogP contribution in [0.25, 0.3) is 0 Å². The molecule has 0 spiro atoms. The van der Waals surface area contributed by atoms with Crippen molar-refractivity contribution in [2.75, 3.05) is 6.61 Å². The van der Waals surface area contributed by atoms with Gasteiger partial charge in [0.25, 0.3) is 0 Å². The Bertz CT molecular complexity index is 1160. The van der Waals surface area contributed by atoms with E-state index in [4.69, 9.17) is 14.2 Å². The van der Waals surface area contributed by atoms with Crippen molar-refractivity contribution in [1.82, 2.24) is 0 Å². The van der Waals surface area contributed by atoms with E-state index in [1.807, 2.05) is 0 Å². The van der Waals surface area contributed by atoms with Crippen LogP contribution in [0.15, 0.2) is 72.8 Å². The molecule has 0 aliphatic rings. The Hall–Kier alpha value is -4.01. The number of carbonyl (C=O) groups is 2. The van der Waals surface area contributed by atoms with Crippen LogP contribution in [0.1, 0.15) is 66.2 Å². The Morgan fingerprint density at radius 1 is 0.605 bits per heavy atom. The molecule has 0 bridgehead atoms. The predicted octanol–water partition coefficient (Wildman–Crippen LogP) is 7.76. The summed E-state index contributed by atoms with van der Waals surface area (Å²) < 4.78 is 56.7. The second-order valence-corrected chi connectivity index (χ2v) is 8.46. The summed E-state index contributed by atoms with van der Waals surface area (Å²) in [6, 6.07) is 16.8. The summed E-state index contributed by atoms with van der Waals surface area (Å²) in [6.45, 7) is 2.82. The van der Waals surface area contributed by atoms with Crippen molar-refractivity contribution in [1.29, 1.82) is 0 Å². The maximum absolute atomic E-state index is 12.4. The Balaban J connectivity index is 1.45. The number of benzene rings is 3. The van der Waals surface area contributed by atoms with E-state index in [2.05, 4.69) is 11.7 Å². The summed E-state index contributed by atoms with van der Waals surface area (Å²) in [5.41, 5.74) is 0.505. The van der Waals surface area contributed by atoms with Gasteiger partial charge in [0.05, 0.1) is 17.7 Å². The fraction of sp³-hybridized carbons (Fsp3) is 0.310. The van der Waals surface area contributed by atoms with Crippen LogP contribution in [-0.4, -0.2) is 24.9 Å². The summed E-state index contributed by atoms with van der Waals surface area (Å²) in [7, 11) is 0.